The summed E-state index contributed by atoms with van der Waals surface area (Å²) in [7, 11) is 0. The van der Waals surface area contributed by atoms with Gasteiger partial charge in [0.25, 0.3) is 17.5 Å². The summed E-state index contributed by atoms with van der Waals surface area (Å²) in [6, 6.07) is 38.2. The molecule has 0 aliphatic rings. The lowest BCUT2D eigenvalue weighted by Crippen LogP contribution is -2.16. The number of hydrogen-bond acceptors (Lipinski definition) is 6. The molecule has 0 atom stereocenters. The SMILES string of the molecule is CCc1ccc(-c2cc(C(=O)Nc3ccc([N+](=O)[O-])c(NC(=O)c4cc(-c5ccc(CC)cc5)nc5ccccc45)c3)c3ccccc3n2)cc1. The summed E-state index contributed by atoms with van der Waals surface area (Å²) in [5.41, 5.74) is 7.18. The number of aromatic nitrogens is 2. The summed E-state index contributed by atoms with van der Waals surface area (Å²) in [5.74, 6) is -0.976. The van der Waals surface area contributed by atoms with Gasteiger partial charge < -0.3 is 10.6 Å². The van der Waals surface area contributed by atoms with Crippen LogP contribution >= 0.6 is 0 Å². The molecule has 7 aromatic rings. The quantitative estimate of drug-likeness (QED) is 0.116. The van der Waals surface area contributed by atoms with E-state index >= 15 is 0 Å². The van der Waals surface area contributed by atoms with Crippen molar-refractivity contribution in [3.63, 3.8) is 0 Å². The van der Waals surface area contributed by atoms with E-state index < -0.39 is 16.7 Å². The van der Waals surface area contributed by atoms with Gasteiger partial charge in [-0.3, -0.25) is 19.7 Å². The molecule has 0 aliphatic heterocycles. The van der Waals surface area contributed by atoms with Crippen LogP contribution in [0.4, 0.5) is 17.1 Å². The topological polar surface area (TPSA) is 127 Å². The lowest BCUT2D eigenvalue weighted by atomic mass is 10.0. The fourth-order valence-corrected chi connectivity index (χ4v) is 6.11. The van der Waals surface area contributed by atoms with Crippen molar-refractivity contribution in [1.29, 1.82) is 0 Å². The Balaban J connectivity index is 1.22. The van der Waals surface area contributed by atoms with Crippen LogP contribution in [0.5, 0.6) is 0 Å². The number of amides is 2. The van der Waals surface area contributed by atoms with Gasteiger partial charge >= 0.3 is 0 Å². The number of aryl methyl sites for hydroxylation is 2. The fourth-order valence-electron chi connectivity index (χ4n) is 6.11. The number of fused-ring (bicyclic) bond motifs is 2. The molecule has 0 saturated carbocycles. The van der Waals surface area contributed by atoms with Crippen LogP contribution < -0.4 is 10.6 Å². The lowest BCUT2D eigenvalue weighted by molar-refractivity contribution is -0.383. The number of nitrogens with one attached hydrogen (secondary N) is 2. The van der Waals surface area contributed by atoms with Crippen molar-refractivity contribution >= 4 is 50.7 Å². The summed E-state index contributed by atoms with van der Waals surface area (Å²) < 4.78 is 0. The zero-order valence-electron chi connectivity index (χ0n) is 28.0. The Bertz CT molecular complexity index is 2460. The molecule has 2 N–H and O–H groups in total. The number of para-hydroxylation sites is 2. The first-order valence-electron chi connectivity index (χ1n) is 16.7. The Kier molecular flexibility index (Phi) is 9.01. The van der Waals surface area contributed by atoms with Crippen molar-refractivity contribution in [3.8, 4) is 22.5 Å². The minimum atomic E-state index is -0.570. The highest BCUT2D eigenvalue weighted by molar-refractivity contribution is 6.15. The second kappa shape index (κ2) is 14.0. The molecule has 0 fully saturated rings. The van der Waals surface area contributed by atoms with Crippen LogP contribution in [0.1, 0.15) is 45.7 Å². The van der Waals surface area contributed by atoms with Gasteiger partial charge in [-0.1, -0.05) is 98.8 Å². The number of carbonyl (C=O) groups is 2. The number of hydrogen-bond donors (Lipinski definition) is 2. The van der Waals surface area contributed by atoms with Gasteiger partial charge in [-0.2, -0.15) is 0 Å². The molecule has 250 valence electrons. The van der Waals surface area contributed by atoms with Gasteiger partial charge in [-0.15, -0.1) is 0 Å². The summed E-state index contributed by atoms with van der Waals surface area (Å²) in [6.07, 6.45) is 1.80. The number of pyridine rings is 2. The van der Waals surface area contributed by atoms with Gasteiger partial charge in [0.15, 0.2) is 0 Å². The first-order chi connectivity index (χ1) is 24.8. The normalized spacial score (nSPS) is 11.0. The molecule has 0 radical (unpaired) electrons. The maximum atomic E-state index is 13.9. The minimum Gasteiger partial charge on any atom is -0.322 e. The minimum absolute atomic E-state index is 0.0613. The predicted molar refractivity (Wildman–Crippen MR) is 202 cm³/mol. The van der Waals surface area contributed by atoms with E-state index in [4.69, 9.17) is 9.97 Å². The predicted octanol–water partition coefficient (Wildman–Crippen LogP) is 9.65. The molecule has 5 aromatic carbocycles. The van der Waals surface area contributed by atoms with Crippen molar-refractivity contribution in [2.75, 3.05) is 10.6 Å². The third-order valence-electron chi connectivity index (χ3n) is 8.94. The second-order valence-electron chi connectivity index (χ2n) is 12.1. The molecule has 0 bridgehead atoms. The number of nitro benzene ring substituents is 1. The van der Waals surface area contributed by atoms with E-state index in [0.717, 1.165) is 24.0 Å². The molecule has 0 saturated heterocycles. The number of nitro groups is 1. The number of nitrogens with zero attached hydrogens (tertiary/aromatic N) is 3. The average Bonchev–Trinajstić information content (AvgIpc) is 3.17. The van der Waals surface area contributed by atoms with Crippen molar-refractivity contribution in [1.82, 2.24) is 9.97 Å². The molecule has 0 spiro atoms. The van der Waals surface area contributed by atoms with E-state index in [-0.39, 0.29) is 17.1 Å². The Morgan fingerprint density at radius 3 is 1.55 bits per heavy atom. The average molecular weight is 672 g/mol. The first-order valence-corrected chi connectivity index (χ1v) is 16.7. The molecular weight excluding hydrogens is 638 g/mol. The van der Waals surface area contributed by atoms with Gasteiger partial charge in [0.1, 0.15) is 5.69 Å². The Labute approximate surface area is 294 Å². The largest absolute Gasteiger partial charge is 0.322 e. The molecule has 7 rings (SSSR count). The number of rotatable bonds is 9. The number of benzene rings is 5. The second-order valence-corrected chi connectivity index (χ2v) is 12.1. The summed E-state index contributed by atoms with van der Waals surface area (Å²) in [4.78, 5) is 49.0. The molecule has 0 unspecified atom stereocenters. The maximum absolute atomic E-state index is 13.9. The highest BCUT2D eigenvalue weighted by atomic mass is 16.6. The van der Waals surface area contributed by atoms with E-state index in [9.17, 15) is 19.7 Å². The van der Waals surface area contributed by atoms with E-state index in [2.05, 4.69) is 24.5 Å². The number of carbonyl (C=O) groups excluding carboxylic acids is 2. The monoisotopic (exact) mass is 671 g/mol. The van der Waals surface area contributed by atoms with Crippen LogP contribution in [0.3, 0.4) is 0 Å². The van der Waals surface area contributed by atoms with Gasteiger partial charge in [-0.05, 0) is 60.4 Å². The molecule has 2 heterocycles. The van der Waals surface area contributed by atoms with Crippen molar-refractivity contribution in [2.24, 2.45) is 0 Å². The summed E-state index contributed by atoms with van der Waals surface area (Å²) in [6.45, 7) is 4.17. The summed E-state index contributed by atoms with van der Waals surface area (Å²) >= 11 is 0. The van der Waals surface area contributed by atoms with Crippen LogP contribution in [-0.4, -0.2) is 26.7 Å². The molecule has 51 heavy (non-hydrogen) atoms. The van der Waals surface area contributed by atoms with Crippen LogP contribution in [-0.2, 0) is 12.8 Å². The maximum Gasteiger partial charge on any atom is 0.292 e. The number of anilines is 2. The standard InChI is InChI=1S/C42H33N5O4/c1-3-26-13-17-28(18-14-26)37-24-33(31-9-5-7-11-35(31)44-37)41(48)43-30-21-22-40(47(50)51)39(23-30)46-42(49)34-25-38(29-19-15-27(4-2)16-20-29)45-36-12-8-6-10-32(34)36/h5-25H,3-4H2,1-2H3,(H,43,48)(H,46,49). The third-order valence-corrected chi connectivity index (χ3v) is 8.94. The smallest absolute Gasteiger partial charge is 0.292 e. The van der Waals surface area contributed by atoms with Gasteiger partial charge in [0.05, 0.1) is 38.5 Å². The first kappa shape index (κ1) is 32.8. The van der Waals surface area contributed by atoms with Gasteiger partial charge in [0, 0.05) is 33.7 Å². The third kappa shape index (κ3) is 6.78. The van der Waals surface area contributed by atoms with E-state index in [1.807, 2.05) is 91.0 Å². The van der Waals surface area contributed by atoms with Crippen LogP contribution in [0.2, 0.25) is 0 Å². The zero-order chi connectivity index (χ0) is 35.5. The van der Waals surface area contributed by atoms with E-state index in [1.54, 1.807) is 18.2 Å². The van der Waals surface area contributed by atoms with Crippen LogP contribution in [0.25, 0.3) is 44.3 Å². The van der Waals surface area contributed by atoms with Crippen LogP contribution in [0.15, 0.2) is 127 Å². The molecule has 0 aliphatic carbocycles. The Hall–Kier alpha value is -6.74. The fraction of sp³-hybridized carbons (Fsp3) is 0.0952. The molecule has 9 heteroatoms. The lowest BCUT2D eigenvalue weighted by Gasteiger charge is -2.13. The van der Waals surface area contributed by atoms with Crippen molar-refractivity contribution in [2.45, 2.75) is 26.7 Å². The molecule has 9 nitrogen and oxygen atoms in total. The molecular formula is C42H33N5O4. The summed E-state index contributed by atoms with van der Waals surface area (Å²) in [5, 5.41) is 19.0. The van der Waals surface area contributed by atoms with Crippen LogP contribution in [0, 0.1) is 10.1 Å². The van der Waals surface area contributed by atoms with Crippen molar-refractivity contribution in [3.05, 3.63) is 160 Å². The molecule has 2 aromatic heterocycles. The highest BCUT2D eigenvalue weighted by Crippen LogP contribution is 2.32. The van der Waals surface area contributed by atoms with E-state index in [1.165, 1.54) is 29.3 Å². The van der Waals surface area contributed by atoms with E-state index in [0.29, 0.717) is 44.3 Å². The molecule has 2 amide bonds. The zero-order valence-corrected chi connectivity index (χ0v) is 28.0. The van der Waals surface area contributed by atoms with Gasteiger partial charge in [0.2, 0.25) is 0 Å². The Morgan fingerprint density at radius 1 is 0.608 bits per heavy atom. The van der Waals surface area contributed by atoms with Crippen molar-refractivity contribution < 1.29 is 14.5 Å². The highest BCUT2D eigenvalue weighted by Gasteiger charge is 2.22. The van der Waals surface area contributed by atoms with Gasteiger partial charge in [-0.25, -0.2) is 9.97 Å². The Morgan fingerprint density at radius 2 is 1.08 bits per heavy atom.